The zero-order chi connectivity index (χ0) is 22.3. The first kappa shape index (κ1) is 21.6. The Balaban J connectivity index is 1.87. The van der Waals surface area contributed by atoms with Crippen molar-refractivity contribution in [3.8, 4) is 5.88 Å². The molecule has 0 aromatic carbocycles. The van der Waals surface area contributed by atoms with Crippen LogP contribution in [0.1, 0.15) is 68.1 Å². The lowest BCUT2D eigenvalue weighted by Gasteiger charge is -2.23. The van der Waals surface area contributed by atoms with Crippen molar-refractivity contribution < 1.29 is 14.6 Å². The summed E-state index contributed by atoms with van der Waals surface area (Å²) in [5, 5.41) is 18.4. The van der Waals surface area contributed by atoms with Crippen LogP contribution in [0.3, 0.4) is 0 Å². The van der Waals surface area contributed by atoms with E-state index < -0.39 is 11.5 Å². The van der Waals surface area contributed by atoms with Gasteiger partial charge in [-0.2, -0.15) is 9.61 Å². The summed E-state index contributed by atoms with van der Waals surface area (Å²) in [6, 6.07) is 0.0791. The number of aromatic nitrogens is 3. The molecule has 1 saturated heterocycles. The van der Waals surface area contributed by atoms with Gasteiger partial charge in [-0.1, -0.05) is 32.9 Å². The van der Waals surface area contributed by atoms with Crippen molar-refractivity contribution in [3.05, 3.63) is 33.3 Å². The molecule has 8 nitrogen and oxygen atoms in total. The Morgan fingerprint density at radius 2 is 1.94 bits per heavy atom. The molecule has 1 amide bonds. The number of hydrogen-bond acceptors (Lipinski definition) is 5. The zero-order valence-corrected chi connectivity index (χ0v) is 18.8. The Hall–Kier alpha value is -2.61. The van der Waals surface area contributed by atoms with Gasteiger partial charge in [-0.25, -0.2) is 0 Å². The summed E-state index contributed by atoms with van der Waals surface area (Å²) in [5.74, 6) is -0.434. The Labute approximate surface area is 181 Å². The second-order valence-corrected chi connectivity index (χ2v) is 9.94. The van der Waals surface area contributed by atoms with Gasteiger partial charge < -0.3 is 15.2 Å². The highest BCUT2D eigenvalue weighted by Crippen LogP contribution is 2.29. The zero-order valence-electron chi connectivity index (χ0n) is 18.8. The van der Waals surface area contributed by atoms with E-state index in [0.29, 0.717) is 23.8 Å². The Morgan fingerprint density at radius 1 is 1.26 bits per heavy atom. The molecule has 0 unspecified atom stereocenters. The fourth-order valence-corrected chi connectivity index (χ4v) is 4.01. The molecule has 0 spiro atoms. The number of aromatic hydroxyl groups is 1. The van der Waals surface area contributed by atoms with Crippen LogP contribution in [0.2, 0.25) is 0 Å². The van der Waals surface area contributed by atoms with Crippen molar-refractivity contribution in [2.24, 2.45) is 11.3 Å². The van der Waals surface area contributed by atoms with Gasteiger partial charge in [-0.3, -0.25) is 14.2 Å². The van der Waals surface area contributed by atoms with Gasteiger partial charge in [0.25, 0.3) is 11.5 Å². The van der Waals surface area contributed by atoms with Gasteiger partial charge in [0.1, 0.15) is 5.65 Å². The van der Waals surface area contributed by atoms with Gasteiger partial charge in [0.2, 0.25) is 5.88 Å². The number of ether oxygens (including phenoxy) is 1. The lowest BCUT2D eigenvalue weighted by atomic mass is 9.96. The Morgan fingerprint density at radius 3 is 2.55 bits per heavy atom. The molecule has 2 aromatic heterocycles. The second-order valence-electron chi connectivity index (χ2n) is 9.94. The minimum absolute atomic E-state index is 0.0791. The first-order valence-corrected chi connectivity index (χ1v) is 11.1. The SMILES string of the molecule is Cc1nn2c(=O)c(C(=O)NC3CC3)c(O)n(CC(C)(C)C)c2c1C=CC1CCOCC1. The van der Waals surface area contributed by atoms with Crippen LogP contribution in [-0.2, 0) is 11.3 Å². The standard InChI is InChI=1S/C23H32N4O4/c1-14-17(8-5-15-9-11-31-12-10-15)20-26(13-23(2,3)4)21(29)18(22(30)27(20)25-14)19(28)24-16-6-7-16/h5,8,15-16,29H,6-7,9-13H2,1-4H3,(H,24,28). The molecule has 0 bridgehead atoms. The summed E-state index contributed by atoms with van der Waals surface area (Å²) in [6.45, 7) is 9.91. The second kappa shape index (κ2) is 8.15. The predicted octanol–water partition coefficient (Wildman–Crippen LogP) is 2.89. The third-order valence-corrected chi connectivity index (χ3v) is 5.80. The maximum absolute atomic E-state index is 13.2. The van der Waals surface area contributed by atoms with Gasteiger partial charge in [0.05, 0.1) is 5.69 Å². The largest absolute Gasteiger partial charge is 0.494 e. The highest BCUT2D eigenvalue weighted by molar-refractivity contribution is 5.96. The molecular weight excluding hydrogens is 396 g/mol. The van der Waals surface area contributed by atoms with Gasteiger partial charge in [-0.05, 0) is 43.9 Å². The number of nitrogens with zero attached hydrogens (tertiary/aromatic N) is 3. The maximum Gasteiger partial charge on any atom is 0.291 e. The lowest BCUT2D eigenvalue weighted by Crippen LogP contribution is -2.35. The van der Waals surface area contributed by atoms with Crippen LogP contribution in [-0.4, -0.2) is 44.5 Å². The van der Waals surface area contributed by atoms with Crippen LogP contribution in [0.4, 0.5) is 0 Å². The summed E-state index contributed by atoms with van der Waals surface area (Å²) >= 11 is 0. The average molecular weight is 429 g/mol. The number of aryl methyl sites for hydroxylation is 1. The van der Waals surface area contributed by atoms with Crippen molar-refractivity contribution in [1.29, 1.82) is 0 Å². The summed E-state index contributed by atoms with van der Waals surface area (Å²) in [5.41, 5.74) is 0.952. The van der Waals surface area contributed by atoms with Crippen LogP contribution >= 0.6 is 0 Å². The van der Waals surface area contributed by atoms with E-state index in [1.807, 2.05) is 33.8 Å². The maximum atomic E-state index is 13.2. The van der Waals surface area contributed by atoms with Crippen LogP contribution < -0.4 is 10.9 Å². The van der Waals surface area contributed by atoms with E-state index >= 15 is 0 Å². The van der Waals surface area contributed by atoms with Crippen molar-refractivity contribution >= 4 is 17.6 Å². The van der Waals surface area contributed by atoms with E-state index in [1.165, 1.54) is 4.52 Å². The van der Waals surface area contributed by atoms with Crippen molar-refractivity contribution in [2.75, 3.05) is 13.2 Å². The summed E-state index contributed by atoms with van der Waals surface area (Å²) in [7, 11) is 0. The summed E-state index contributed by atoms with van der Waals surface area (Å²) < 4.78 is 8.37. The van der Waals surface area contributed by atoms with Gasteiger partial charge in [0.15, 0.2) is 5.56 Å². The molecule has 2 aliphatic rings. The molecule has 2 N–H and O–H groups in total. The summed E-state index contributed by atoms with van der Waals surface area (Å²) in [6.07, 6.45) is 7.85. The molecule has 4 rings (SSSR count). The number of carbonyl (C=O) groups excluding carboxylic acids is 1. The normalized spacial score (nSPS) is 18.2. The monoisotopic (exact) mass is 428 g/mol. The van der Waals surface area contributed by atoms with E-state index in [2.05, 4.69) is 16.5 Å². The highest BCUT2D eigenvalue weighted by atomic mass is 16.5. The number of carbonyl (C=O) groups is 1. The smallest absolute Gasteiger partial charge is 0.291 e. The molecule has 31 heavy (non-hydrogen) atoms. The van der Waals surface area contributed by atoms with Crippen LogP contribution in [0.25, 0.3) is 11.7 Å². The van der Waals surface area contributed by atoms with Crippen LogP contribution in [0.5, 0.6) is 5.88 Å². The molecule has 8 heteroatoms. The van der Waals surface area contributed by atoms with Gasteiger partial charge in [-0.15, -0.1) is 0 Å². The number of nitrogens with one attached hydrogen (secondary N) is 1. The molecular formula is C23H32N4O4. The molecule has 168 valence electrons. The van der Waals surface area contributed by atoms with Gasteiger partial charge in [0, 0.05) is 31.4 Å². The predicted molar refractivity (Wildman–Crippen MR) is 118 cm³/mol. The highest BCUT2D eigenvalue weighted by Gasteiger charge is 2.31. The molecule has 2 fully saturated rings. The third-order valence-electron chi connectivity index (χ3n) is 5.80. The Bertz CT molecular complexity index is 1080. The van der Waals surface area contributed by atoms with E-state index in [0.717, 1.165) is 44.5 Å². The van der Waals surface area contributed by atoms with E-state index in [1.54, 1.807) is 4.57 Å². The molecule has 1 aliphatic heterocycles. The van der Waals surface area contributed by atoms with E-state index in [-0.39, 0.29) is 22.9 Å². The molecule has 3 heterocycles. The minimum atomic E-state index is -0.593. The summed E-state index contributed by atoms with van der Waals surface area (Å²) in [4.78, 5) is 26.0. The first-order valence-electron chi connectivity index (χ1n) is 11.1. The van der Waals surface area contributed by atoms with Crippen LogP contribution in [0.15, 0.2) is 10.9 Å². The number of amides is 1. The Kier molecular flexibility index (Phi) is 5.68. The molecule has 0 radical (unpaired) electrons. The average Bonchev–Trinajstić information content (AvgIpc) is 3.44. The fourth-order valence-electron chi connectivity index (χ4n) is 4.01. The van der Waals surface area contributed by atoms with E-state index in [4.69, 9.17) is 4.74 Å². The molecule has 0 atom stereocenters. The number of allylic oxidation sites excluding steroid dienone is 1. The lowest BCUT2D eigenvalue weighted by molar-refractivity contribution is 0.0787. The molecule has 1 aliphatic carbocycles. The molecule has 2 aromatic rings. The van der Waals surface area contributed by atoms with Crippen molar-refractivity contribution in [1.82, 2.24) is 19.5 Å². The topological polar surface area (TPSA) is 97.9 Å². The molecule has 1 saturated carbocycles. The van der Waals surface area contributed by atoms with Gasteiger partial charge >= 0.3 is 0 Å². The number of hydrogen-bond donors (Lipinski definition) is 2. The quantitative estimate of drug-likeness (QED) is 0.763. The van der Waals surface area contributed by atoms with Crippen LogP contribution in [0, 0.1) is 18.3 Å². The minimum Gasteiger partial charge on any atom is -0.494 e. The first-order chi connectivity index (χ1) is 14.7. The number of rotatable bonds is 5. The van der Waals surface area contributed by atoms with E-state index in [9.17, 15) is 14.7 Å². The fraction of sp³-hybridized carbons (Fsp3) is 0.609. The van der Waals surface area contributed by atoms with Crippen molar-refractivity contribution in [3.63, 3.8) is 0 Å². The number of fused-ring (bicyclic) bond motifs is 1. The van der Waals surface area contributed by atoms with Crippen molar-refractivity contribution in [2.45, 2.75) is 66.0 Å². The third kappa shape index (κ3) is 4.54.